The van der Waals surface area contributed by atoms with Crippen LogP contribution < -0.4 is 24.3 Å². The fourth-order valence-corrected chi connectivity index (χ4v) is 2.42. The molecular formula is C19H21NO5. The van der Waals surface area contributed by atoms with Crippen LogP contribution in [0.3, 0.4) is 0 Å². The maximum absolute atomic E-state index is 12.6. The van der Waals surface area contributed by atoms with Crippen molar-refractivity contribution in [3.05, 3.63) is 42.0 Å². The molecule has 1 heterocycles. The Morgan fingerprint density at radius 2 is 2.00 bits per heavy atom. The second kappa shape index (κ2) is 7.79. The van der Waals surface area contributed by atoms with E-state index in [9.17, 15) is 4.79 Å². The quantitative estimate of drug-likeness (QED) is 0.774. The number of nitrogens with one attached hydrogen (secondary N) is 1. The fraction of sp³-hybridized carbons (Fsp3) is 0.316. The van der Waals surface area contributed by atoms with Gasteiger partial charge in [0, 0.05) is 11.6 Å². The van der Waals surface area contributed by atoms with E-state index in [1.54, 1.807) is 43.5 Å². The van der Waals surface area contributed by atoms with Crippen LogP contribution in [0, 0.1) is 0 Å². The molecule has 25 heavy (non-hydrogen) atoms. The number of methoxy groups -OCH3 is 1. The molecule has 0 atom stereocenters. The van der Waals surface area contributed by atoms with Gasteiger partial charge in [-0.15, -0.1) is 0 Å². The van der Waals surface area contributed by atoms with E-state index in [1.165, 1.54) is 0 Å². The molecule has 6 heteroatoms. The molecule has 0 spiro atoms. The van der Waals surface area contributed by atoms with Crippen LogP contribution in [-0.2, 0) is 0 Å². The molecule has 0 fully saturated rings. The number of carbonyl (C=O) groups is 1. The zero-order valence-electron chi connectivity index (χ0n) is 14.3. The molecule has 6 nitrogen and oxygen atoms in total. The summed E-state index contributed by atoms with van der Waals surface area (Å²) in [4.78, 5) is 12.6. The van der Waals surface area contributed by atoms with Gasteiger partial charge in [-0.3, -0.25) is 4.79 Å². The fourth-order valence-electron chi connectivity index (χ4n) is 2.42. The van der Waals surface area contributed by atoms with Gasteiger partial charge in [0.1, 0.15) is 11.5 Å². The molecule has 1 amide bonds. The molecule has 0 aliphatic carbocycles. The SMILES string of the molecule is CCCCOc1ccc(OC)cc1NC(=O)c1ccc2c(c1)OCO2. The smallest absolute Gasteiger partial charge is 0.255 e. The minimum Gasteiger partial charge on any atom is -0.497 e. The number of hydrogen-bond acceptors (Lipinski definition) is 5. The number of carbonyl (C=O) groups excluding carboxylic acids is 1. The van der Waals surface area contributed by atoms with Crippen molar-refractivity contribution >= 4 is 11.6 Å². The van der Waals surface area contributed by atoms with Crippen LogP contribution in [0.2, 0.25) is 0 Å². The molecule has 1 aliphatic heterocycles. The largest absolute Gasteiger partial charge is 0.497 e. The van der Waals surface area contributed by atoms with Crippen LogP contribution in [0.1, 0.15) is 30.1 Å². The molecule has 0 radical (unpaired) electrons. The topological polar surface area (TPSA) is 66.0 Å². The van der Waals surface area contributed by atoms with Gasteiger partial charge in [-0.05, 0) is 36.8 Å². The summed E-state index contributed by atoms with van der Waals surface area (Å²) in [5.41, 5.74) is 1.05. The number of rotatable bonds is 7. The Bertz CT molecular complexity index is 759. The van der Waals surface area contributed by atoms with Crippen molar-refractivity contribution in [3.63, 3.8) is 0 Å². The van der Waals surface area contributed by atoms with Crippen LogP contribution >= 0.6 is 0 Å². The number of amides is 1. The van der Waals surface area contributed by atoms with Gasteiger partial charge < -0.3 is 24.3 Å². The Kier molecular flexibility index (Phi) is 5.28. The van der Waals surface area contributed by atoms with Gasteiger partial charge in [-0.2, -0.15) is 0 Å². The Morgan fingerprint density at radius 3 is 2.80 bits per heavy atom. The van der Waals surface area contributed by atoms with Gasteiger partial charge >= 0.3 is 0 Å². The average Bonchev–Trinajstić information content (AvgIpc) is 3.10. The number of benzene rings is 2. The Morgan fingerprint density at radius 1 is 1.16 bits per heavy atom. The lowest BCUT2D eigenvalue weighted by molar-refractivity contribution is 0.102. The van der Waals surface area contributed by atoms with Gasteiger partial charge in [-0.25, -0.2) is 0 Å². The van der Waals surface area contributed by atoms with Crippen molar-refractivity contribution < 1.29 is 23.7 Å². The second-order valence-electron chi connectivity index (χ2n) is 5.59. The van der Waals surface area contributed by atoms with E-state index in [0.29, 0.717) is 40.9 Å². The third-order valence-corrected chi connectivity index (χ3v) is 3.83. The van der Waals surface area contributed by atoms with Gasteiger partial charge in [0.25, 0.3) is 5.91 Å². The lowest BCUT2D eigenvalue weighted by Gasteiger charge is -2.14. The monoisotopic (exact) mass is 343 g/mol. The number of fused-ring (bicyclic) bond motifs is 1. The molecule has 1 N–H and O–H groups in total. The number of anilines is 1. The van der Waals surface area contributed by atoms with Crippen LogP contribution in [0.5, 0.6) is 23.0 Å². The van der Waals surface area contributed by atoms with E-state index in [-0.39, 0.29) is 12.7 Å². The molecule has 132 valence electrons. The lowest BCUT2D eigenvalue weighted by atomic mass is 10.1. The predicted molar refractivity (Wildman–Crippen MR) is 93.9 cm³/mol. The summed E-state index contributed by atoms with van der Waals surface area (Å²) in [7, 11) is 1.58. The normalized spacial score (nSPS) is 11.9. The van der Waals surface area contributed by atoms with Gasteiger partial charge in [0.15, 0.2) is 11.5 Å². The first-order valence-electron chi connectivity index (χ1n) is 8.23. The summed E-state index contributed by atoms with van der Waals surface area (Å²) in [6.45, 7) is 2.86. The Balaban J connectivity index is 1.79. The molecule has 0 saturated carbocycles. The van der Waals surface area contributed by atoms with Gasteiger partial charge in [-0.1, -0.05) is 13.3 Å². The third-order valence-electron chi connectivity index (χ3n) is 3.83. The van der Waals surface area contributed by atoms with E-state index in [0.717, 1.165) is 12.8 Å². The van der Waals surface area contributed by atoms with Crippen molar-refractivity contribution in [1.29, 1.82) is 0 Å². The molecule has 0 bridgehead atoms. The average molecular weight is 343 g/mol. The zero-order chi connectivity index (χ0) is 17.6. The summed E-state index contributed by atoms with van der Waals surface area (Å²) in [5, 5.41) is 2.88. The predicted octanol–water partition coefficient (Wildman–Crippen LogP) is 3.86. The van der Waals surface area contributed by atoms with Crippen molar-refractivity contribution in [1.82, 2.24) is 0 Å². The number of unbranched alkanes of at least 4 members (excludes halogenated alkanes) is 1. The highest BCUT2D eigenvalue weighted by molar-refractivity contribution is 6.05. The minimum absolute atomic E-state index is 0.172. The summed E-state index contributed by atoms with van der Waals surface area (Å²) >= 11 is 0. The molecule has 0 unspecified atom stereocenters. The summed E-state index contributed by atoms with van der Waals surface area (Å²) in [5.74, 6) is 2.21. The second-order valence-corrected chi connectivity index (χ2v) is 5.59. The van der Waals surface area contributed by atoms with Crippen LogP contribution in [0.25, 0.3) is 0 Å². The molecule has 1 aliphatic rings. The highest BCUT2D eigenvalue weighted by Gasteiger charge is 2.17. The van der Waals surface area contributed by atoms with Crippen LogP contribution in [0.15, 0.2) is 36.4 Å². The first-order chi connectivity index (χ1) is 12.2. The van der Waals surface area contributed by atoms with E-state index >= 15 is 0 Å². The van der Waals surface area contributed by atoms with Gasteiger partial charge in [0.2, 0.25) is 6.79 Å². The molecule has 2 aromatic rings. The van der Waals surface area contributed by atoms with Gasteiger partial charge in [0.05, 0.1) is 19.4 Å². The summed E-state index contributed by atoms with van der Waals surface area (Å²) in [6.07, 6.45) is 1.98. The third kappa shape index (κ3) is 3.96. The maximum atomic E-state index is 12.6. The van der Waals surface area contributed by atoms with Crippen molar-refractivity contribution in [2.24, 2.45) is 0 Å². The van der Waals surface area contributed by atoms with Crippen molar-refractivity contribution in [2.75, 3.05) is 25.8 Å². The Labute approximate surface area is 146 Å². The summed E-state index contributed by atoms with van der Waals surface area (Å²) in [6, 6.07) is 10.4. The minimum atomic E-state index is -0.258. The maximum Gasteiger partial charge on any atom is 0.255 e. The van der Waals surface area contributed by atoms with Crippen LogP contribution in [0.4, 0.5) is 5.69 Å². The molecule has 3 rings (SSSR count). The summed E-state index contributed by atoms with van der Waals surface area (Å²) < 4.78 is 21.6. The van der Waals surface area contributed by atoms with E-state index < -0.39 is 0 Å². The van der Waals surface area contributed by atoms with Crippen molar-refractivity contribution in [3.8, 4) is 23.0 Å². The van der Waals surface area contributed by atoms with E-state index in [1.807, 2.05) is 0 Å². The first-order valence-corrected chi connectivity index (χ1v) is 8.23. The lowest BCUT2D eigenvalue weighted by Crippen LogP contribution is -2.13. The molecule has 0 aromatic heterocycles. The van der Waals surface area contributed by atoms with Crippen LogP contribution in [-0.4, -0.2) is 26.4 Å². The molecule has 2 aromatic carbocycles. The van der Waals surface area contributed by atoms with E-state index in [2.05, 4.69) is 12.2 Å². The highest BCUT2D eigenvalue weighted by Crippen LogP contribution is 2.34. The first kappa shape index (κ1) is 17.0. The molecular weight excluding hydrogens is 322 g/mol. The number of hydrogen-bond donors (Lipinski definition) is 1. The highest BCUT2D eigenvalue weighted by atomic mass is 16.7. The molecule has 0 saturated heterocycles. The Hall–Kier alpha value is -2.89. The number of ether oxygens (including phenoxy) is 4. The standard InChI is InChI=1S/C19H21NO5/c1-3-4-9-23-16-8-6-14(22-2)11-15(16)20-19(21)13-5-7-17-18(10-13)25-12-24-17/h5-8,10-11H,3-4,9,12H2,1-2H3,(H,20,21). The van der Waals surface area contributed by atoms with Crippen molar-refractivity contribution in [2.45, 2.75) is 19.8 Å². The van der Waals surface area contributed by atoms with E-state index in [4.69, 9.17) is 18.9 Å². The zero-order valence-corrected chi connectivity index (χ0v) is 14.3.